The van der Waals surface area contributed by atoms with Crippen molar-refractivity contribution in [3.63, 3.8) is 0 Å². The predicted octanol–water partition coefficient (Wildman–Crippen LogP) is 3.42. The van der Waals surface area contributed by atoms with E-state index in [1.807, 2.05) is 19.9 Å². The number of nitrogens with zero attached hydrogens (tertiary/aromatic N) is 2. The van der Waals surface area contributed by atoms with E-state index in [4.69, 9.17) is 0 Å². The second-order valence-corrected chi connectivity index (χ2v) is 6.02. The van der Waals surface area contributed by atoms with Gasteiger partial charge in [-0.15, -0.1) is 11.3 Å². The number of thiazole rings is 1. The third kappa shape index (κ3) is 2.98. The van der Waals surface area contributed by atoms with E-state index in [1.54, 1.807) is 11.6 Å². The van der Waals surface area contributed by atoms with Gasteiger partial charge >= 0.3 is 5.69 Å². The predicted molar refractivity (Wildman–Crippen MR) is 84.9 cm³/mol. The number of fused-ring (bicyclic) bond motifs is 1. The van der Waals surface area contributed by atoms with Gasteiger partial charge in [-0.3, -0.25) is 10.1 Å². The van der Waals surface area contributed by atoms with Crippen molar-refractivity contribution in [2.24, 2.45) is 5.41 Å². The Hall–Kier alpha value is -1.73. The lowest BCUT2D eigenvalue weighted by Gasteiger charge is -2.29. The molecular weight excluding hydrogens is 290 g/mol. The summed E-state index contributed by atoms with van der Waals surface area (Å²) in [7, 11) is 0. The van der Waals surface area contributed by atoms with Crippen LogP contribution in [-0.4, -0.2) is 28.2 Å². The van der Waals surface area contributed by atoms with Crippen molar-refractivity contribution < 1.29 is 10.0 Å². The highest BCUT2D eigenvalue weighted by atomic mass is 32.1. The lowest BCUT2D eigenvalue weighted by molar-refractivity contribution is -0.382. The summed E-state index contributed by atoms with van der Waals surface area (Å²) in [5, 5.41) is 24.1. The quantitative estimate of drug-likeness (QED) is 0.604. The molecule has 0 unspecified atom stereocenters. The van der Waals surface area contributed by atoms with Crippen LogP contribution in [0.25, 0.3) is 10.2 Å². The topological polar surface area (TPSA) is 88.3 Å². The molecule has 1 aromatic carbocycles. The number of aromatic nitrogens is 1. The van der Waals surface area contributed by atoms with Crippen LogP contribution in [0.4, 0.5) is 11.4 Å². The first-order valence-electron chi connectivity index (χ1n) is 6.92. The Labute approximate surface area is 127 Å². The smallest absolute Gasteiger partial charge is 0.319 e. The number of hydrogen-bond donors (Lipinski definition) is 2. The molecule has 114 valence electrons. The molecule has 0 atom stereocenters. The minimum atomic E-state index is -0.400. The summed E-state index contributed by atoms with van der Waals surface area (Å²) in [6, 6.07) is 3.55. The van der Waals surface area contributed by atoms with Crippen LogP contribution >= 0.6 is 11.3 Å². The van der Waals surface area contributed by atoms with E-state index in [0.717, 1.165) is 17.5 Å². The van der Waals surface area contributed by atoms with Crippen LogP contribution in [0.2, 0.25) is 0 Å². The fraction of sp³-hybridized carbons (Fsp3) is 0.500. The van der Waals surface area contributed by atoms with Crippen molar-refractivity contribution >= 4 is 32.9 Å². The second-order valence-electron chi connectivity index (χ2n) is 5.14. The summed E-state index contributed by atoms with van der Waals surface area (Å²) in [4.78, 5) is 15.0. The van der Waals surface area contributed by atoms with Gasteiger partial charge in [0.25, 0.3) is 0 Å². The lowest BCUT2D eigenvalue weighted by Crippen LogP contribution is -2.32. The molecule has 0 aliphatic carbocycles. The average Bonchev–Trinajstić information content (AvgIpc) is 2.96. The van der Waals surface area contributed by atoms with Gasteiger partial charge in [-0.1, -0.05) is 13.8 Å². The maximum atomic E-state index is 11.3. The van der Waals surface area contributed by atoms with Gasteiger partial charge in [-0.25, -0.2) is 4.98 Å². The summed E-state index contributed by atoms with van der Waals surface area (Å²) in [5.74, 6) is 0. The van der Waals surface area contributed by atoms with Gasteiger partial charge in [0.2, 0.25) is 0 Å². The maximum absolute atomic E-state index is 11.3. The van der Waals surface area contributed by atoms with Crippen LogP contribution in [0.1, 0.15) is 26.7 Å². The molecule has 1 aromatic heterocycles. The molecule has 6 nitrogen and oxygen atoms in total. The highest BCUT2D eigenvalue weighted by Gasteiger charge is 2.27. The van der Waals surface area contributed by atoms with E-state index in [1.165, 1.54) is 11.3 Å². The van der Waals surface area contributed by atoms with Crippen LogP contribution < -0.4 is 5.32 Å². The van der Waals surface area contributed by atoms with Gasteiger partial charge in [-0.05, 0) is 25.0 Å². The van der Waals surface area contributed by atoms with Crippen molar-refractivity contribution in [1.82, 2.24) is 4.98 Å². The first kappa shape index (κ1) is 15.7. The molecule has 7 heteroatoms. The van der Waals surface area contributed by atoms with Crippen molar-refractivity contribution in [3.8, 4) is 0 Å². The standard InChI is InChI=1S/C14H19N3O3S/c1-3-14(4-2,8-18)7-15-10-5-6-11-12(16-9-21-11)13(10)17(19)20/h5-6,9,15,18H,3-4,7-8H2,1-2H3. The number of aliphatic hydroxyl groups excluding tert-OH is 1. The summed E-state index contributed by atoms with van der Waals surface area (Å²) in [5.41, 5.74) is 2.23. The van der Waals surface area contributed by atoms with Crippen LogP contribution in [0.5, 0.6) is 0 Å². The van der Waals surface area contributed by atoms with Gasteiger partial charge in [0.1, 0.15) is 5.69 Å². The normalized spacial score (nSPS) is 11.8. The first-order chi connectivity index (χ1) is 10.1. The van der Waals surface area contributed by atoms with Crippen molar-refractivity contribution in [2.45, 2.75) is 26.7 Å². The number of anilines is 1. The molecule has 2 rings (SSSR count). The maximum Gasteiger partial charge on any atom is 0.319 e. The second kappa shape index (κ2) is 6.36. The van der Waals surface area contributed by atoms with Crippen molar-refractivity contribution in [1.29, 1.82) is 0 Å². The molecule has 0 bridgehead atoms. The summed E-state index contributed by atoms with van der Waals surface area (Å²) >= 11 is 1.38. The number of rotatable bonds is 7. The van der Waals surface area contributed by atoms with E-state index < -0.39 is 4.92 Å². The Morgan fingerprint density at radius 2 is 2.14 bits per heavy atom. The van der Waals surface area contributed by atoms with Gasteiger partial charge in [-0.2, -0.15) is 0 Å². The van der Waals surface area contributed by atoms with Gasteiger partial charge in [0.05, 0.1) is 21.7 Å². The van der Waals surface area contributed by atoms with Crippen molar-refractivity contribution in [3.05, 3.63) is 27.8 Å². The first-order valence-corrected chi connectivity index (χ1v) is 7.80. The zero-order valence-corrected chi connectivity index (χ0v) is 12.9. The number of benzene rings is 1. The Bertz CT molecular complexity index is 629. The molecule has 0 amide bonds. The molecule has 21 heavy (non-hydrogen) atoms. The molecule has 2 aromatic rings. The van der Waals surface area contributed by atoms with Crippen LogP contribution in [0.15, 0.2) is 17.6 Å². The average molecular weight is 309 g/mol. The van der Waals surface area contributed by atoms with E-state index in [2.05, 4.69) is 10.3 Å². The third-order valence-electron chi connectivity index (χ3n) is 4.15. The van der Waals surface area contributed by atoms with Gasteiger partial charge in [0, 0.05) is 12.0 Å². The Balaban J connectivity index is 2.34. The molecule has 0 saturated heterocycles. The molecule has 0 aliphatic heterocycles. The third-order valence-corrected chi connectivity index (χ3v) is 4.94. The summed E-state index contributed by atoms with van der Waals surface area (Å²) in [6.45, 7) is 4.58. The fourth-order valence-corrected chi connectivity index (χ4v) is 2.99. The zero-order chi connectivity index (χ0) is 15.5. The van der Waals surface area contributed by atoms with E-state index in [-0.39, 0.29) is 17.7 Å². The molecule has 0 fully saturated rings. The highest BCUT2D eigenvalue weighted by molar-refractivity contribution is 7.16. The zero-order valence-electron chi connectivity index (χ0n) is 12.1. The summed E-state index contributed by atoms with van der Waals surface area (Å²) in [6.07, 6.45) is 1.61. The molecule has 0 aliphatic rings. The molecule has 0 saturated carbocycles. The van der Waals surface area contributed by atoms with Crippen LogP contribution in [0.3, 0.4) is 0 Å². The molecule has 0 radical (unpaired) electrons. The van der Waals surface area contributed by atoms with Crippen molar-refractivity contribution in [2.75, 3.05) is 18.5 Å². The lowest BCUT2D eigenvalue weighted by atomic mass is 9.83. The SMILES string of the molecule is CCC(CC)(CO)CNc1ccc2scnc2c1[N+](=O)[O-]. The van der Waals surface area contributed by atoms with Gasteiger partial charge in [0.15, 0.2) is 5.52 Å². The Morgan fingerprint density at radius 1 is 1.43 bits per heavy atom. The molecular formula is C14H19N3O3S. The molecule has 0 spiro atoms. The Kier molecular flexibility index (Phi) is 4.74. The number of nitro benzene ring substituents is 1. The van der Waals surface area contributed by atoms with E-state index >= 15 is 0 Å². The van der Waals surface area contributed by atoms with E-state index in [9.17, 15) is 15.2 Å². The Morgan fingerprint density at radius 3 is 2.71 bits per heavy atom. The minimum Gasteiger partial charge on any atom is -0.396 e. The molecule has 1 heterocycles. The molecule has 2 N–H and O–H groups in total. The van der Waals surface area contributed by atoms with Gasteiger partial charge < -0.3 is 10.4 Å². The minimum absolute atomic E-state index is 0.00722. The van der Waals surface area contributed by atoms with Crippen LogP contribution in [-0.2, 0) is 0 Å². The highest BCUT2D eigenvalue weighted by Crippen LogP contribution is 2.35. The van der Waals surface area contributed by atoms with E-state index in [0.29, 0.717) is 17.7 Å². The number of aliphatic hydroxyl groups is 1. The van der Waals surface area contributed by atoms with Crippen LogP contribution in [0, 0.1) is 15.5 Å². The monoisotopic (exact) mass is 309 g/mol. The number of nitro groups is 1. The number of hydrogen-bond acceptors (Lipinski definition) is 6. The fourth-order valence-electron chi connectivity index (χ4n) is 2.31. The number of nitrogens with one attached hydrogen (secondary N) is 1. The largest absolute Gasteiger partial charge is 0.396 e. The summed E-state index contributed by atoms with van der Waals surface area (Å²) < 4.78 is 0.798.